The van der Waals surface area contributed by atoms with Gasteiger partial charge in [-0.1, -0.05) is 0 Å². The molecule has 1 saturated heterocycles. The van der Waals surface area contributed by atoms with Gasteiger partial charge in [0.05, 0.1) is 0 Å². The van der Waals surface area contributed by atoms with Gasteiger partial charge in [0.1, 0.15) is 17.3 Å². The normalized spacial score (nSPS) is 16.8. The first-order valence-corrected chi connectivity index (χ1v) is 7.21. The summed E-state index contributed by atoms with van der Waals surface area (Å²) in [7, 11) is 1.43. The summed E-state index contributed by atoms with van der Waals surface area (Å²) in [6.07, 6.45) is 2.37. The van der Waals surface area contributed by atoms with E-state index < -0.39 is 17.5 Å². The molecule has 1 aliphatic rings. The second-order valence-corrected chi connectivity index (χ2v) is 5.45. The zero-order valence-corrected chi connectivity index (χ0v) is 12.4. The third kappa shape index (κ3) is 3.91. The van der Waals surface area contributed by atoms with E-state index in [9.17, 15) is 13.6 Å². The summed E-state index contributed by atoms with van der Waals surface area (Å²) in [5.41, 5.74) is -0.228. The Morgan fingerprint density at radius 3 is 2.38 bits per heavy atom. The van der Waals surface area contributed by atoms with Gasteiger partial charge in [0.15, 0.2) is 0 Å². The Balaban J connectivity index is 1.99. The van der Waals surface area contributed by atoms with Gasteiger partial charge in [-0.05, 0) is 45.0 Å². The zero-order chi connectivity index (χ0) is 15.4. The van der Waals surface area contributed by atoms with Crippen molar-refractivity contribution in [2.24, 2.45) is 0 Å². The number of halogens is 2. The van der Waals surface area contributed by atoms with Crippen molar-refractivity contribution in [1.29, 1.82) is 0 Å². The van der Waals surface area contributed by atoms with Crippen LogP contribution >= 0.6 is 0 Å². The Labute approximate surface area is 123 Å². The first-order chi connectivity index (χ1) is 10.0. The third-order valence-electron chi connectivity index (χ3n) is 3.66. The fourth-order valence-corrected chi connectivity index (χ4v) is 2.65. The number of rotatable bonds is 5. The van der Waals surface area contributed by atoms with Crippen LogP contribution < -0.4 is 10.6 Å². The SMILES string of the molecule is CNc1c(F)cc(C(=O)NC(C)CN2CCCC2)cc1F. The van der Waals surface area contributed by atoms with E-state index in [1.807, 2.05) is 6.92 Å². The molecule has 0 bridgehead atoms. The molecule has 0 saturated carbocycles. The van der Waals surface area contributed by atoms with Gasteiger partial charge < -0.3 is 15.5 Å². The van der Waals surface area contributed by atoms with Crippen LogP contribution in [0.4, 0.5) is 14.5 Å². The first kappa shape index (κ1) is 15.7. The largest absolute Gasteiger partial charge is 0.383 e. The molecule has 1 atom stereocenters. The third-order valence-corrected chi connectivity index (χ3v) is 3.66. The van der Waals surface area contributed by atoms with E-state index in [4.69, 9.17) is 0 Å². The van der Waals surface area contributed by atoms with Crippen LogP contribution in [-0.2, 0) is 0 Å². The molecule has 2 rings (SSSR count). The monoisotopic (exact) mass is 297 g/mol. The number of amides is 1. The Kier molecular flexibility index (Phi) is 5.12. The van der Waals surface area contributed by atoms with Crippen LogP contribution in [0.2, 0.25) is 0 Å². The molecule has 1 aromatic carbocycles. The summed E-state index contributed by atoms with van der Waals surface area (Å²) in [5, 5.41) is 5.21. The quantitative estimate of drug-likeness (QED) is 0.876. The van der Waals surface area contributed by atoms with Crippen LogP contribution in [-0.4, -0.2) is 43.5 Å². The van der Waals surface area contributed by atoms with Crippen molar-refractivity contribution in [3.63, 3.8) is 0 Å². The molecule has 1 fully saturated rings. The molecule has 6 heteroatoms. The molecule has 116 valence electrons. The molecular formula is C15H21F2N3O. The van der Waals surface area contributed by atoms with Gasteiger partial charge in [0, 0.05) is 25.2 Å². The van der Waals surface area contributed by atoms with Crippen molar-refractivity contribution < 1.29 is 13.6 Å². The standard InChI is InChI=1S/C15H21F2N3O/c1-10(9-20-5-3-4-6-20)19-15(21)11-7-12(16)14(18-2)13(17)8-11/h7-8,10,18H,3-6,9H2,1-2H3,(H,19,21). The van der Waals surface area contributed by atoms with Gasteiger partial charge in [0.2, 0.25) is 0 Å². The van der Waals surface area contributed by atoms with Crippen molar-refractivity contribution in [3.8, 4) is 0 Å². The highest BCUT2D eigenvalue weighted by Crippen LogP contribution is 2.20. The first-order valence-electron chi connectivity index (χ1n) is 7.21. The lowest BCUT2D eigenvalue weighted by Gasteiger charge is -2.21. The fourth-order valence-electron chi connectivity index (χ4n) is 2.65. The van der Waals surface area contributed by atoms with Gasteiger partial charge in [-0.2, -0.15) is 0 Å². The highest BCUT2D eigenvalue weighted by molar-refractivity contribution is 5.94. The molecule has 4 nitrogen and oxygen atoms in total. The minimum atomic E-state index is -0.769. The predicted molar refractivity (Wildman–Crippen MR) is 78.5 cm³/mol. The number of nitrogens with zero attached hydrogens (tertiary/aromatic N) is 1. The number of nitrogens with one attached hydrogen (secondary N) is 2. The highest BCUT2D eigenvalue weighted by Gasteiger charge is 2.18. The Morgan fingerprint density at radius 1 is 1.29 bits per heavy atom. The zero-order valence-electron chi connectivity index (χ0n) is 12.4. The number of carbonyl (C=O) groups excluding carboxylic acids is 1. The van der Waals surface area contributed by atoms with Crippen LogP contribution in [0, 0.1) is 11.6 Å². The maximum Gasteiger partial charge on any atom is 0.251 e. The number of carbonyl (C=O) groups is 1. The summed E-state index contributed by atoms with van der Waals surface area (Å²) in [4.78, 5) is 14.3. The number of benzene rings is 1. The number of anilines is 1. The maximum absolute atomic E-state index is 13.6. The molecule has 0 aliphatic carbocycles. The average molecular weight is 297 g/mol. The van der Waals surface area contributed by atoms with Crippen LogP contribution in [0.5, 0.6) is 0 Å². The lowest BCUT2D eigenvalue weighted by atomic mass is 10.1. The summed E-state index contributed by atoms with van der Waals surface area (Å²) in [6, 6.07) is 2.03. The van der Waals surface area contributed by atoms with Gasteiger partial charge in [0.25, 0.3) is 5.91 Å². The highest BCUT2D eigenvalue weighted by atomic mass is 19.1. The van der Waals surface area contributed by atoms with Crippen LogP contribution in [0.15, 0.2) is 12.1 Å². The number of hydrogen-bond acceptors (Lipinski definition) is 3. The second-order valence-electron chi connectivity index (χ2n) is 5.45. The van der Waals surface area contributed by atoms with E-state index in [1.54, 1.807) is 0 Å². The predicted octanol–water partition coefficient (Wildman–Crippen LogP) is 2.22. The number of hydrogen-bond donors (Lipinski definition) is 2. The molecule has 0 spiro atoms. The smallest absolute Gasteiger partial charge is 0.251 e. The van der Waals surface area contributed by atoms with Crippen LogP contribution in [0.3, 0.4) is 0 Å². The van der Waals surface area contributed by atoms with E-state index in [1.165, 1.54) is 19.9 Å². The summed E-state index contributed by atoms with van der Waals surface area (Å²) >= 11 is 0. The van der Waals surface area contributed by atoms with Crippen molar-refractivity contribution in [1.82, 2.24) is 10.2 Å². The fraction of sp³-hybridized carbons (Fsp3) is 0.533. The van der Waals surface area contributed by atoms with E-state index in [-0.39, 0.29) is 17.3 Å². The van der Waals surface area contributed by atoms with Crippen molar-refractivity contribution >= 4 is 11.6 Å². The lowest BCUT2D eigenvalue weighted by molar-refractivity contribution is 0.0931. The second kappa shape index (κ2) is 6.85. The molecule has 21 heavy (non-hydrogen) atoms. The van der Waals surface area contributed by atoms with Gasteiger partial charge in [-0.3, -0.25) is 4.79 Å². The Hall–Kier alpha value is -1.69. The van der Waals surface area contributed by atoms with E-state index in [0.29, 0.717) is 0 Å². The summed E-state index contributed by atoms with van der Waals surface area (Å²) < 4.78 is 27.3. The molecule has 1 unspecified atom stereocenters. The minimum absolute atomic E-state index is 0.00253. The molecule has 0 radical (unpaired) electrons. The van der Waals surface area contributed by atoms with Gasteiger partial charge >= 0.3 is 0 Å². The molecule has 1 amide bonds. The Bertz CT molecular complexity index is 493. The molecule has 2 N–H and O–H groups in total. The van der Waals surface area contributed by atoms with Gasteiger partial charge in [-0.15, -0.1) is 0 Å². The number of likely N-dealkylation sites (tertiary alicyclic amines) is 1. The summed E-state index contributed by atoms with van der Waals surface area (Å²) in [5.74, 6) is -1.99. The van der Waals surface area contributed by atoms with Gasteiger partial charge in [-0.25, -0.2) is 8.78 Å². The van der Waals surface area contributed by atoms with Crippen LogP contribution in [0.25, 0.3) is 0 Å². The molecule has 1 aliphatic heterocycles. The van der Waals surface area contributed by atoms with E-state index in [0.717, 1.165) is 31.8 Å². The van der Waals surface area contributed by atoms with Crippen LogP contribution in [0.1, 0.15) is 30.1 Å². The molecule has 1 aromatic rings. The van der Waals surface area contributed by atoms with E-state index >= 15 is 0 Å². The van der Waals surface area contributed by atoms with Crippen molar-refractivity contribution in [2.45, 2.75) is 25.8 Å². The minimum Gasteiger partial charge on any atom is -0.383 e. The lowest BCUT2D eigenvalue weighted by Crippen LogP contribution is -2.41. The average Bonchev–Trinajstić information content (AvgIpc) is 2.90. The maximum atomic E-state index is 13.6. The van der Waals surface area contributed by atoms with Crippen molar-refractivity contribution in [3.05, 3.63) is 29.3 Å². The molecular weight excluding hydrogens is 276 g/mol. The van der Waals surface area contributed by atoms with Crippen molar-refractivity contribution in [2.75, 3.05) is 32.0 Å². The molecule has 0 aromatic heterocycles. The molecule has 1 heterocycles. The topological polar surface area (TPSA) is 44.4 Å². The Morgan fingerprint density at radius 2 is 1.86 bits per heavy atom. The van der Waals surface area contributed by atoms with E-state index in [2.05, 4.69) is 15.5 Å². The summed E-state index contributed by atoms with van der Waals surface area (Å²) in [6.45, 7) is 4.73.